The molecule has 1 aromatic rings. The van der Waals surface area contributed by atoms with Crippen molar-refractivity contribution in [2.75, 3.05) is 13.6 Å². The van der Waals surface area contributed by atoms with Gasteiger partial charge >= 0.3 is 0 Å². The summed E-state index contributed by atoms with van der Waals surface area (Å²) in [5, 5.41) is 5.80. The number of carbonyl (C=O) groups excluding carboxylic acids is 1. The molecule has 0 radical (unpaired) electrons. The second-order valence-corrected chi connectivity index (χ2v) is 5.16. The maximum atomic E-state index is 11.5. The van der Waals surface area contributed by atoms with Crippen molar-refractivity contribution in [1.82, 2.24) is 10.6 Å². The van der Waals surface area contributed by atoms with Crippen molar-refractivity contribution in [2.45, 2.75) is 33.2 Å². The molecule has 0 saturated carbocycles. The van der Waals surface area contributed by atoms with Crippen molar-refractivity contribution in [3.05, 3.63) is 35.4 Å². The van der Waals surface area contributed by atoms with Gasteiger partial charge in [0, 0.05) is 0 Å². The fourth-order valence-electron chi connectivity index (χ4n) is 1.95. The molecular formula is C15H25ClN2O. The lowest BCUT2D eigenvalue weighted by molar-refractivity contribution is -0.120. The Morgan fingerprint density at radius 1 is 1.16 bits per heavy atom. The second-order valence-electron chi connectivity index (χ2n) is 5.16. The van der Waals surface area contributed by atoms with Crippen LogP contribution in [0.4, 0.5) is 0 Å². The Hall–Kier alpha value is -1.06. The van der Waals surface area contributed by atoms with E-state index >= 15 is 0 Å². The van der Waals surface area contributed by atoms with Gasteiger partial charge in [0.1, 0.15) is 0 Å². The van der Waals surface area contributed by atoms with Crippen molar-refractivity contribution in [1.29, 1.82) is 0 Å². The van der Waals surface area contributed by atoms with Crippen molar-refractivity contribution >= 4 is 18.3 Å². The third kappa shape index (κ3) is 6.60. The fraction of sp³-hybridized carbons (Fsp3) is 0.533. The van der Waals surface area contributed by atoms with Gasteiger partial charge in [-0.3, -0.25) is 4.79 Å². The lowest BCUT2D eigenvalue weighted by Crippen LogP contribution is -2.33. The summed E-state index contributed by atoms with van der Waals surface area (Å²) in [6.45, 7) is 6.80. The van der Waals surface area contributed by atoms with Crippen LogP contribution in [0.5, 0.6) is 0 Å². The minimum atomic E-state index is 0. The van der Waals surface area contributed by atoms with Gasteiger partial charge in [0.05, 0.1) is 12.6 Å². The van der Waals surface area contributed by atoms with Crippen LogP contribution in [-0.4, -0.2) is 19.5 Å². The van der Waals surface area contributed by atoms with Crippen molar-refractivity contribution in [3.8, 4) is 0 Å². The molecule has 0 saturated heterocycles. The van der Waals surface area contributed by atoms with E-state index in [0.717, 1.165) is 12.0 Å². The standard InChI is InChI=1S/C15H24N2O.ClH/c1-11(2)9-13-5-7-14(8-6-13)12(3)17-15(18)10-16-4;/h5-8,11-12,16H,9-10H2,1-4H3,(H,17,18);1H. The van der Waals surface area contributed by atoms with Gasteiger partial charge in [-0.2, -0.15) is 0 Å². The number of hydrogen-bond donors (Lipinski definition) is 2. The zero-order valence-corrected chi connectivity index (χ0v) is 13.0. The highest BCUT2D eigenvalue weighted by molar-refractivity contribution is 5.85. The predicted molar refractivity (Wildman–Crippen MR) is 82.7 cm³/mol. The van der Waals surface area contributed by atoms with Gasteiger partial charge in [0.2, 0.25) is 5.91 Å². The van der Waals surface area contributed by atoms with Crippen molar-refractivity contribution in [3.63, 3.8) is 0 Å². The van der Waals surface area contributed by atoms with Crippen LogP contribution in [0.1, 0.15) is 37.9 Å². The molecule has 1 rings (SSSR count). The summed E-state index contributed by atoms with van der Waals surface area (Å²) in [6, 6.07) is 8.55. The SMILES string of the molecule is CNCC(=O)NC(C)c1ccc(CC(C)C)cc1.Cl. The smallest absolute Gasteiger partial charge is 0.234 e. The van der Waals surface area contributed by atoms with Crippen LogP contribution >= 0.6 is 12.4 Å². The number of likely N-dealkylation sites (N-methyl/N-ethyl adjacent to an activating group) is 1. The fourth-order valence-corrected chi connectivity index (χ4v) is 1.95. The molecule has 0 aliphatic rings. The maximum absolute atomic E-state index is 11.5. The molecule has 0 fully saturated rings. The Kier molecular flexibility index (Phi) is 8.44. The monoisotopic (exact) mass is 284 g/mol. The second kappa shape index (κ2) is 8.94. The molecule has 0 aliphatic heterocycles. The van der Waals surface area contributed by atoms with Crippen LogP contribution in [0, 0.1) is 5.92 Å². The molecular weight excluding hydrogens is 260 g/mol. The van der Waals surface area contributed by atoms with E-state index in [9.17, 15) is 4.79 Å². The average molecular weight is 285 g/mol. The molecule has 1 amide bonds. The first kappa shape index (κ1) is 17.9. The summed E-state index contributed by atoms with van der Waals surface area (Å²) in [5.74, 6) is 0.694. The van der Waals surface area contributed by atoms with Crippen LogP contribution in [-0.2, 0) is 11.2 Å². The van der Waals surface area contributed by atoms with Crippen molar-refractivity contribution in [2.24, 2.45) is 5.92 Å². The van der Waals surface area contributed by atoms with Crippen molar-refractivity contribution < 1.29 is 4.79 Å². The Morgan fingerprint density at radius 3 is 2.21 bits per heavy atom. The van der Waals surface area contributed by atoms with Gasteiger partial charge in [0.25, 0.3) is 0 Å². The summed E-state index contributed by atoms with van der Waals surface area (Å²) in [4.78, 5) is 11.5. The van der Waals surface area contributed by atoms with E-state index in [1.54, 1.807) is 7.05 Å². The van der Waals surface area contributed by atoms with E-state index in [1.807, 2.05) is 6.92 Å². The quantitative estimate of drug-likeness (QED) is 0.843. The number of amides is 1. The Bertz CT molecular complexity index is 376. The highest BCUT2D eigenvalue weighted by atomic mass is 35.5. The molecule has 3 nitrogen and oxygen atoms in total. The molecule has 0 spiro atoms. The number of benzene rings is 1. The van der Waals surface area contributed by atoms with Crippen LogP contribution in [0.15, 0.2) is 24.3 Å². The molecule has 0 bridgehead atoms. The molecule has 0 aromatic heterocycles. The molecule has 2 N–H and O–H groups in total. The molecule has 0 aliphatic carbocycles. The zero-order chi connectivity index (χ0) is 13.5. The first-order valence-corrected chi connectivity index (χ1v) is 6.55. The number of nitrogens with one attached hydrogen (secondary N) is 2. The first-order valence-electron chi connectivity index (χ1n) is 6.55. The lowest BCUT2D eigenvalue weighted by Gasteiger charge is -2.15. The average Bonchev–Trinajstić information content (AvgIpc) is 2.29. The zero-order valence-electron chi connectivity index (χ0n) is 12.2. The minimum Gasteiger partial charge on any atom is -0.348 e. The Labute approximate surface area is 122 Å². The predicted octanol–water partition coefficient (Wildman–Crippen LogP) is 2.70. The van der Waals surface area contributed by atoms with Gasteiger partial charge in [0.15, 0.2) is 0 Å². The number of rotatable bonds is 6. The van der Waals surface area contributed by atoms with E-state index in [2.05, 4.69) is 48.7 Å². The molecule has 1 aromatic carbocycles. The Balaban J connectivity index is 0.00000324. The molecule has 1 atom stereocenters. The van der Waals surface area contributed by atoms with E-state index in [-0.39, 0.29) is 24.4 Å². The summed E-state index contributed by atoms with van der Waals surface area (Å²) in [5.41, 5.74) is 2.49. The van der Waals surface area contributed by atoms with E-state index in [1.165, 1.54) is 5.56 Å². The highest BCUT2D eigenvalue weighted by Crippen LogP contribution is 2.15. The van der Waals surface area contributed by atoms with E-state index in [4.69, 9.17) is 0 Å². The van der Waals surface area contributed by atoms with Gasteiger partial charge in [-0.1, -0.05) is 38.1 Å². The van der Waals surface area contributed by atoms with Crippen LogP contribution in [0.25, 0.3) is 0 Å². The first-order chi connectivity index (χ1) is 8.52. The van der Waals surface area contributed by atoms with Crippen LogP contribution in [0.3, 0.4) is 0 Å². The molecule has 19 heavy (non-hydrogen) atoms. The minimum absolute atomic E-state index is 0. The Morgan fingerprint density at radius 2 is 1.74 bits per heavy atom. The van der Waals surface area contributed by atoms with Crippen LogP contribution in [0.2, 0.25) is 0 Å². The molecule has 0 heterocycles. The topological polar surface area (TPSA) is 41.1 Å². The van der Waals surface area contributed by atoms with Crippen LogP contribution < -0.4 is 10.6 Å². The third-order valence-electron chi connectivity index (χ3n) is 2.84. The summed E-state index contributed by atoms with van der Waals surface area (Å²) < 4.78 is 0. The number of halogens is 1. The van der Waals surface area contributed by atoms with Gasteiger partial charge < -0.3 is 10.6 Å². The summed E-state index contributed by atoms with van der Waals surface area (Å²) in [7, 11) is 1.77. The van der Waals surface area contributed by atoms with E-state index in [0.29, 0.717) is 12.5 Å². The molecule has 4 heteroatoms. The maximum Gasteiger partial charge on any atom is 0.234 e. The largest absolute Gasteiger partial charge is 0.348 e. The summed E-state index contributed by atoms with van der Waals surface area (Å²) >= 11 is 0. The number of hydrogen-bond acceptors (Lipinski definition) is 2. The normalized spacial score (nSPS) is 11.8. The van der Waals surface area contributed by atoms with Gasteiger partial charge in [-0.15, -0.1) is 12.4 Å². The van der Waals surface area contributed by atoms with Gasteiger partial charge in [-0.25, -0.2) is 0 Å². The third-order valence-corrected chi connectivity index (χ3v) is 2.84. The number of carbonyl (C=O) groups is 1. The van der Waals surface area contributed by atoms with Gasteiger partial charge in [-0.05, 0) is 37.4 Å². The van der Waals surface area contributed by atoms with E-state index < -0.39 is 0 Å². The molecule has 1 unspecified atom stereocenters. The highest BCUT2D eigenvalue weighted by Gasteiger charge is 2.08. The molecule has 108 valence electrons. The lowest BCUT2D eigenvalue weighted by atomic mass is 10.00. The summed E-state index contributed by atoms with van der Waals surface area (Å²) in [6.07, 6.45) is 1.10.